The maximum atomic E-state index is 11.6. The van der Waals surface area contributed by atoms with Crippen LogP contribution in [0.4, 0.5) is 0 Å². The fraction of sp³-hybridized carbons (Fsp3) is 0.929. The van der Waals surface area contributed by atoms with Crippen molar-refractivity contribution >= 4 is 5.97 Å². The molecule has 2 atom stereocenters. The molecule has 0 aliphatic rings. The molecule has 0 amide bonds. The normalized spacial score (nSPS) is 14.5. The highest BCUT2D eigenvalue weighted by atomic mass is 16.5. The highest BCUT2D eigenvalue weighted by molar-refractivity contribution is 5.71. The first-order valence-corrected chi connectivity index (χ1v) is 6.78. The molecule has 0 spiro atoms. The Hall–Kier alpha value is -0.530. The number of carbonyl (C=O) groups excluding carboxylic acids is 1. The predicted octanol–water partition coefficient (Wildman–Crippen LogP) is 4.18. The van der Waals surface area contributed by atoms with Gasteiger partial charge < -0.3 is 4.74 Å². The summed E-state index contributed by atoms with van der Waals surface area (Å²) in [7, 11) is 0. The van der Waals surface area contributed by atoms with Gasteiger partial charge in [0.15, 0.2) is 0 Å². The third kappa shape index (κ3) is 7.72. The zero-order chi connectivity index (χ0) is 12.4. The summed E-state index contributed by atoms with van der Waals surface area (Å²) in [5.41, 5.74) is 0. The summed E-state index contributed by atoms with van der Waals surface area (Å²) < 4.78 is 5.32. The molecule has 0 saturated carbocycles. The lowest BCUT2D eigenvalue weighted by atomic mass is 10.0. The molecular formula is C14H28O2. The molecule has 16 heavy (non-hydrogen) atoms. The smallest absolute Gasteiger partial charge is 0.308 e. The highest BCUT2D eigenvalue weighted by Gasteiger charge is 2.14. The average molecular weight is 228 g/mol. The quantitative estimate of drug-likeness (QED) is 0.553. The van der Waals surface area contributed by atoms with Crippen molar-refractivity contribution < 1.29 is 9.53 Å². The van der Waals surface area contributed by atoms with E-state index in [4.69, 9.17) is 4.74 Å². The minimum absolute atomic E-state index is 0.0169. The van der Waals surface area contributed by atoms with Gasteiger partial charge in [-0.2, -0.15) is 0 Å². The van der Waals surface area contributed by atoms with E-state index in [1.807, 2.05) is 6.92 Å². The van der Waals surface area contributed by atoms with Crippen LogP contribution in [0.2, 0.25) is 0 Å². The van der Waals surface area contributed by atoms with Crippen molar-refractivity contribution in [1.82, 2.24) is 0 Å². The Morgan fingerprint density at radius 2 is 1.62 bits per heavy atom. The van der Waals surface area contributed by atoms with Crippen molar-refractivity contribution in [3.63, 3.8) is 0 Å². The summed E-state index contributed by atoms with van der Waals surface area (Å²) in [5.74, 6) is 0.553. The summed E-state index contributed by atoms with van der Waals surface area (Å²) in [6.07, 6.45) is 6.81. The summed E-state index contributed by atoms with van der Waals surface area (Å²) >= 11 is 0. The van der Waals surface area contributed by atoms with Gasteiger partial charge in [-0.3, -0.25) is 4.79 Å². The van der Waals surface area contributed by atoms with Gasteiger partial charge in [0.1, 0.15) is 0 Å². The lowest BCUT2D eigenvalue weighted by molar-refractivity contribution is -0.149. The van der Waals surface area contributed by atoms with Crippen LogP contribution in [0.15, 0.2) is 0 Å². The second-order valence-electron chi connectivity index (χ2n) is 4.92. The van der Waals surface area contributed by atoms with Gasteiger partial charge in [-0.1, -0.05) is 53.4 Å². The summed E-state index contributed by atoms with van der Waals surface area (Å²) in [6.45, 7) is 9.04. The molecule has 2 nitrogen and oxygen atoms in total. The number of ether oxygens (including phenoxy) is 1. The molecule has 0 saturated heterocycles. The fourth-order valence-electron chi connectivity index (χ4n) is 1.63. The second-order valence-corrected chi connectivity index (χ2v) is 4.92. The zero-order valence-corrected chi connectivity index (χ0v) is 11.4. The first kappa shape index (κ1) is 15.5. The summed E-state index contributed by atoms with van der Waals surface area (Å²) in [4.78, 5) is 11.6. The van der Waals surface area contributed by atoms with Crippen molar-refractivity contribution in [3.05, 3.63) is 0 Å². The number of hydrogen-bond acceptors (Lipinski definition) is 2. The number of carbonyl (C=O) groups is 1. The first-order chi connectivity index (χ1) is 7.61. The van der Waals surface area contributed by atoms with E-state index in [2.05, 4.69) is 20.8 Å². The van der Waals surface area contributed by atoms with Crippen LogP contribution in [0.25, 0.3) is 0 Å². The van der Waals surface area contributed by atoms with Crippen molar-refractivity contribution in [2.75, 3.05) is 6.61 Å². The highest BCUT2D eigenvalue weighted by Crippen LogP contribution is 2.12. The van der Waals surface area contributed by atoms with Crippen LogP contribution < -0.4 is 0 Å². The SMILES string of the molecule is CCCCC(C)COC(=O)C(C)CCCC. The van der Waals surface area contributed by atoms with E-state index in [1.54, 1.807) is 0 Å². The van der Waals surface area contributed by atoms with Crippen molar-refractivity contribution in [2.24, 2.45) is 11.8 Å². The Balaban J connectivity index is 3.62. The third-order valence-electron chi connectivity index (χ3n) is 2.95. The van der Waals surface area contributed by atoms with Gasteiger partial charge in [0.05, 0.1) is 12.5 Å². The summed E-state index contributed by atoms with van der Waals surface area (Å²) in [5, 5.41) is 0. The number of esters is 1. The monoisotopic (exact) mass is 228 g/mol. The van der Waals surface area contributed by atoms with Crippen LogP contribution >= 0.6 is 0 Å². The van der Waals surface area contributed by atoms with Crippen LogP contribution in [0.3, 0.4) is 0 Å². The molecule has 0 fully saturated rings. The Morgan fingerprint density at radius 1 is 1.06 bits per heavy atom. The number of rotatable bonds is 9. The van der Waals surface area contributed by atoms with E-state index >= 15 is 0 Å². The van der Waals surface area contributed by atoms with E-state index in [0.717, 1.165) is 25.7 Å². The standard InChI is InChI=1S/C14H28O2/c1-5-7-9-12(3)11-16-14(15)13(4)10-8-6-2/h12-13H,5-11H2,1-4H3. The molecule has 0 heterocycles. The Bertz CT molecular complexity index is 178. The maximum absolute atomic E-state index is 11.6. The number of unbranched alkanes of at least 4 members (excludes halogenated alkanes) is 2. The average Bonchev–Trinajstić information content (AvgIpc) is 2.30. The molecule has 0 radical (unpaired) electrons. The van der Waals surface area contributed by atoms with Crippen LogP contribution in [0.5, 0.6) is 0 Å². The predicted molar refractivity (Wildman–Crippen MR) is 68.3 cm³/mol. The lowest BCUT2D eigenvalue weighted by Crippen LogP contribution is -2.18. The molecule has 2 heteroatoms. The molecule has 96 valence electrons. The third-order valence-corrected chi connectivity index (χ3v) is 2.95. The second kappa shape index (κ2) is 9.68. The van der Waals surface area contributed by atoms with Gasteiger partial charge >= 0.3 is 5.97 Å². The molecule has 0 aromatic rings. The molecule has 0 rings (SSSR count). The summed E-state index contributed by atoms with van der Waals surface area (Å²) in [6, 6.07) is 0. The molecule has 2 unspecified atom stereocenters. The molecular weight excluding hydrogens is 200 g/mol. The minimum Gasteiger partial charge on any atom is -0.465 e. The van der Waals surface area contributed by atoms with E-state index in [0.29, 0.717) is 12.5 Å². The first-order valence-electron chi connectivity index (χ1n) is 6.78. The van der Waals surface area contributed by atoms with Gasteiger partial charge in [-0.15, -0.1) is 0 Å². The van der Waals surface area contributed by atoms with Gasteiger partial charge in [0.2, 0.25) is 0 Å². The minimum atomic E-state index is -0.0169. The van der Waals surface area contributed by atoms with Crippen LogP contribution in [-0.2, 0) is 9.53 Å². The molecule has 0 N–H and O–H groups in total. The van der Waals surface area contributed by atoms with E-state index in [1.165, 1.54) is 12.8 Å². The van der Waals surface area contributed by atoms with Crippen LogP contribution in [-0.4, -0.2) is 12.6 Å². The molecule has 0 aromatic carbocycles. The van der Waals surface area contributed by atoms with Gasteiger partial charge in [0.25, 0.3) is 0 Å². The van der Waals surface area contributed by atoms with E-state index < -0.39 is 0 Å². The largest absolute Gasteiger partial charge is 0.465 e. The Kier molecular flexibility index (Phi) is 9.36. The molecule has 0 bridgehead atoms. The Morgan fingerprint density at radius 3 is 2.19 bits per heavy atom. The van der Waals surface area contributed by atoms with E-state index in [-0.39, 0.29) is 11.9 Å². The van der Waals surface area contributed by atoms with Crippen LogP contribution in [0.1, 0.15) is 66.2 Å². The van der Waals surface area contributed by atoms with E-state index in [9.17, 15) is 4.79 Å². The van der Waals surface area contributed by atoms with Crippen molar-refractivity contribution in [2.45, 2.75) is 66.2 Å². The fourth-order valence-corrected chi connectivity index (χ4v) is 1.63. The lowest BCUT2D eigenvalue weighted by Gasteiger charge is -2.14. The van der Waals surface area contributed by atoms with Crippen molar-refractivity contribution in [3.8, 4) is 0 Å². The van der Waals surface area contributed by atoms with Crippen LogP contribution in [0, 0.1) is 11.8 Å². The Labute approximate surface area is 101 Å². The number of hydrogen-bond donors (Lipinski definition) is 0. The molecule has 0 aliphatic heterocycles. The van der Waals surface area contributed by atoms with Gasteiger partial charge in [-0.05, 0) is 18.8 Å². The van der Waals surface area contributed by atoms with Gasteiger partial charge in [-0.25, -0.2) is 0 Å². The molecule has 0 aromatic heterocycles. The molecule has 0 aliphatic carbocycles. The zero-order valence-electron chi connectivity index (χ0n) is 11.4. The van der Waals surface area contributed by atoms with Gasteiger partial charge in [0, 0.05) is 0 Å². The topological polar surface area (TPSA) is 26.3 Å². The van der Waals surface area contributed by atoms with Crippen molar-refractivity contribution in [1.29, 1.82) is 0 Å². The maximum Gasteiger partial charge on any atom is 0.308 e.